The Hall–Kier alpha value is -2.60. The fourth-order valence-electron chi connectivity index (χ4n) is 3.02. The number of carbonyl (C=O) groups excluding carboxylic acids is 1. The molecule has 25 heavy (non-hydrogen) atoms. The van der Waals surface area contributed by atoms with Gasteiger partial charge in [-0.15, -0.1) is 0 Å². The summed E-state index contributed by atoms with van der Waals surface area (Å²) in [4.78, 5) is 11.5. The van der Waals surface area contributed by atoms with Gasteiger partial charge in [0.05, 0.1) is 10.6 Å². The molecule has 1 amide bonds. The first-order valence-electron chi connectivity index (χ1n) is 8.05. The molecule has 5 nitrogen and oxygen atoms in total. The fraction of sp³-hybridized carbons (Fsp3) is 0.211. The van der Waals surface area contributed by atoms with E-state index in [0.717, 1.165) is 16.8 Å². The highest BCUT2D eigenvalue weighted by Gasteiger charge is 2.35. The van der Waals surface area contributed by atoms with Gasteiger partial charge in [-0.1, -0.05) is 30.3 Å². The molecule has 1 atom stereocenters. The van der Waals surface area contributed by atoms with Crippen molar-refractivity contribution >= 4 is 27.7 Å². The number of nitrogens with zero attached hydrogens (tertiary/aromatic N) is 1. The lowest BCUT2D eigenvalue weighted by atomic mass is 10.1. The summed E-state index contributed by atoms with van der Waals surface area (Å²) < 4.78 is 27.6. The molecule has 0 saturated heterocycles. The number of hydrogen-bond acceptors (Lipinski definition) is 3. The number of sulfonamides is 1. The second kappa shape index (κ2) is 6.72. The fourth-order valence-corrected chi connectivity index (χ4v) is 4.72. The Labute approximate surface area is 148 Å². The van der Waals surface area contributed by atoms with Gasteiger partial charge < -0.3 is 5.32 Å². The molecule has 1 N–H and O–H groups in total. The van der Waals surface area contributed by atoms with E-state index >= 15 is 0 Å². The predicted molar refractivity (Wildman–Crippen MR) is 98.8 cm³/mol. The molecular weight excluding hydrogens is 336 g/mol. The van der Waals surface area contributed by atoms with Gasteiger partial charge in [0.1, 0.15) is 0 Å². The van der Waals surface area contributed by atoms with Gasteiger partial charge in [-0.3, -0.25) is 9.10 Å². The zero-order valence-corrected chi connectivity index (χ0v) is 15.0. The van der Waals surface area contributed by atoms with E-state index in [4.69, 9.17) is 0 Å². The Kier molecular flexibility index (Phi) is 4.63. The molecule has 0 spiro atoms. The van der Waals surface area contributed by atoms with Crippen molar-refractivity contribution in [1.29, 1.82) is 0 Å². The van der Waals surface area contributed by atoms with Crippen molar-refractivity contribution in [1.82, 2.24) is 5.32 Å². The molecule has 0 fully saturated rings. The molecule has 3 rings (SSSR count). The Morgan fingerprint density at radius 1 is 1.16 bits per heavy atom. The average molecular weight is 356 g/mol. The predicted octanol–water partition coefficient (Wildman–Crippen LogP) is 2.59. The Balaban J connectivity index is 1.91. The minimum atomic E-state index is -3.62. The monoisotopic (exact) mass is 356 g/mol. The highest BCUT2D eigenvalue weighted by molar-refractivity contribution is 7.92. The van der Waals surface area contributed by atoms with Gasteiger partial charge in [-0.05, 0) is 48.7 Å². The molecule has 0 saturated carbocycles. The van der Waals surface area contributed by atoms with Gasteiger partial charge in [0.2, 0.25) is 5.91 Å². The maximum Gasteiger partial charge on any atom is 0.264 e. The Bertz CT molecular complexity index is 918. The van der Waals surface area contributed by atoms with Crippen LogP contribution >= 0.6 is 0 Å². The van der Waals surface area contributed by atoms with Gasteiger partial charge in [0, 0.05) is 19.2 Å². The van der Waals surface area contributed by atoms with Crippen LogP contribution in [0.1, 0.15) is 18.1 Å². The van der Waals surface area contributed by atoms with Crippen molar-refractivity contribution in [3.63, 3.8) is 0 Å². The second-order valence-electron chi connectivity index (χ2n) is 6.00. The van der Waals surface area contributed by atoms with Gasteiger partial charge in [-0.25, -0.2) is 8.42 Å². The average Bonchev–Trinajstić information content (AvgIpc) is 2.96. The lowest BCUT2D eigenvalue weighted by Crippen LogP contribution is -2.35. The van der Waals surface area contributed by atoms with Crippen LogP contribution in [0.4, 0.5) is 5.69 Å². The molecule has 6 heteroatoms. The summed E-state index contributed by atoms with van der Waals surface area (Å²) in [6.45, 7) is 1.91. The SMILES string of the molecule is CNC(=O)/C=C/c1ccc(S(=O)(=O)N2c3ccccc3C[C@@H]2C)cc1. The van der Waals surface area contributed by atoms with Crippen LogP contribution < -0.4 is 9.62 Å². The number of likely N-dealkylation sites (N-methyl/N-ethyl adjacent to an activating group) is 1. The van der Waals surface area contributed by atoms with Crippen LogP contribution in [0.5, 0.6) is 0 Å². The van der Waals surface area contributed by atoms with Crippen molar-refractivity contribution in [3.8, 4) is 0 Å². The van der Waals surface area contributed by atoms with E-state index in [1.807, 2.05) is 31.2 Å². The van der Waals surface area contributed by atoms with Gasteiger partial charge in [0.25, 0.3) is 10.0 Å². The third-order valence-corrected chi connectivity index (χ3v) is 6.20. The van der Waals surface area contributed by atoms with E-state index in [9.17, 15) is 13.2 Å². The number of hydrogen-bond donors (Lipinski definition) is 1. The normalized spacial score (nSPS) is 16.9. The third-order valence-electron chi connectivity index (χ3n) is 4.26. The van der Waals surface area contributed by atoms with E-state index in [1.54, 1.807) is 37.4 Å². The number of fused-ring (bicyclic) bond motifs is 1. The van der Waals surface area contributed by atoms with Crippen molar-refractivity contribution in [2.45, 2.75) is 24.3 Å². The quantitative estimate of drug-likeness (QED) is 0.857. The molecule has 1 heterocycles. The van der Waals surface area contributed by atoms with Crippen molar-refractivity contribution in [3.05, 3.63) is 65.7 Å². The number of nitrogens with one attached hydrogen (secondary N) is 1. The van der Waals surface area contributed by atoms with E-state index in [-0.39, 0.29) is 16.8 Å². The van der Waals surface area contributed by atoms with Crippen LogP contribution in [-0.4, -0.2) is 27.4 Å². The molecule has 0 unspecified atom stereocenters. The maximum absolute atomic E-state index is 13.1. The number of anilines is 1. The van der Waals surface area contributed by atoms with Gasteiger partial charge in [-0.2, -0.15) is 0 Å². The molecular formula is C19H20N2O3S. The third kappa shape index (κ3) is 3.30. The Morgan fingerprint density at radius 3 is 2.52 bits per heavy atom. The first-order valence-corrected chi connectivity index (χ1v) is 9.49. The van der Waals surface area contributed by atoms with Crippen molar-refractivity contribution < 1.29 is 13.2 Å². The summed E-state index contributed by atoms with van der Waals surface area (Å²) in [5, 5.41) is 2.49. The van der Waals surface area contributed by atoms with Crippen molar-refractivity contribution in [2.24, 2.45) is 0 Å². The first-order chi connectivity index (χ1) is 11.9. The van der Waals surface area contributed by atoms with E-state index < -0.39 is 10.0 Å². The lowest BCUT2D eigenvalue weighted by Gasteiger charge is -2.24. The minimum absolute atomic E-state index is 0.116. The highest BCUT2D eigenvalue weighted by atomic mass is 32.2. The number of amides is 1. The summed E-state index contributed by atoms with van der Waals surface area (Å²) >= 11 is 0. The van der Waals surface area contributed by atoms with Crippen LogP contribution in [0.15, 0.2) is 59.5 Å². The summed E-state index contributed by atoms with van der Waals surface area (Å²) in [6.07, 6.45) is 3.76. The van der Waals surface area contributed by atoms with Crippen LogP contribution in [0, 0.1) is 0 Å². The van der Waals surface area contributed by atoms with Crippen LogP contribution in [0.3, 0.4) is 0 Å². The highest BCUT2D eigenvalue weighted by Crippen LogP contribution is 2.36. The van der Waals surface area contributed by atoms with Crippen molar-refractivity contribution in [2.75, 3.05) is 11.4 Å². The standard InChI is InChI=1S/C19H20N2O3S/c1-14-13-16-5-3-4-6-18(16)21(14)25(23,24)17-10-7-15(8-11-17)9-12-19(22)20-2/h3-12,14H,13H2,1-2H3,(H,20,22)/b12-9+/t14-/m0/s1. The zero-order chi connectivity index (χ0) is 18.0. The number of benzene rings is 2. The van der Waals surface area contributed by atoms with Crippen LogP contribution in [0.2, 0.25) is 0 Å². The van der Waals surface area contributed by atoms with Crippen LogP contribution in [-0.2, 0) is 21.2 Å². The largest absolute Gasteiger partial charge is 0.356 e. The maximum atomic E-state index is 13.1. The smallest absolute Gasteiger partial charge is 0.264 e. The van der Waals surface area contributed by atoms with E-state index in [0.29, 0.717) is 6.42 Å². The molecule has 2 aromatic carbocycles. The van der Waals surface area contributed by atoms with Gasteiger partial charge >= 0.3 is 0 Å². The summed E-state index contributed by atoms with van der Waals surface area (Å²) in [6, 6.07) is 14.0. The molecule has 1 aliphatic rings. The van der Waals surface area contributed by atoms with E-state index in [2.05, 4.69) is 5.32 Å². The molecule has 0 radical (unpaired) electrons. The number of rotatable bonds is 4. The molecule has 0 aromatic heterocycles. The number of carbonyl (C=O) groups is 1. The van der Waals surface area contributed by atoms with Gasteiger partial charge in [0.15, 0.2) is 0 Å². The molecule has 1 aliphatic heterocycles. The van der Waals surface area contributed by atoms with E-state index in [1.165, 1.54) is 10.4 Å². The summed E-state index contributed by atoms with van der Waals surface area (Å²) in [7, 11) is -2.07. The molecule has 130 valence electrons. The summed E-state index contributed by atoms with van der Waals surface area (Å²) in [5.41, 5.74) is 2.56. The molecule has 0 bridgehead atoms. The topological polar surface area (TPSA) is 66.5 Å². The van der Waals surface area contributed by atoms with Crippen LogP contribution in [0.25, 0.3) is 6.08 Å². The first kappa shape index (κ1) is 17.2. The summed E-state index contributed by atoms with van der Waals surface area (Å²) in [5.74, 6) is -0.209. The molecule has 2 aromatic rings. The zero-order valence-electron chi connectivity index (χ0n) is 14.1. The lowest BCUT2D eigenvalue weighted by molar-refractivity contribution is -0.115. The molecule has 0 aliphatic carbocycles. The minimum Gasteiger partial charge on any atom is -0.356 e. The number of para-hydroxylation sites is 1. The Morgan fingerprint density at radius 2 is 1.84 bits per heavy atom. The second-order valence-corrected chi connectivity index (χ2v) is 7.81.